The van der Waals surface area contributed by atoms with Crippen molar-refractivity contribution >= 4 is 23.3 Å². The Labute approximate surface area is 132 Å². The number of aromatic nitrogens is 3. The standard InChI is InChI=1S/C14H16ClN5O2/c15-10-5-1-2-6-11(10)20-13(16)12(18-19-20)14(21)17-8-9-4-3-7-22-9/h1-2,5-6,9H,3-4,7-8,16H2,(H,17,21)/t9-/m1/s1. The molecule has 116 valence electrons. The fourth-order valence-corrected chi connectivity index (χ4v) is 2.56. The first-order valence-corrected chi connectivity index (χ1v) is 7.40. The smallest absolute Gasteiger partial charge is 0.275 e. The van der Waals surface area contributed by atoms with Crippen LogP contribution in [-0.4, -0.2) is 40.2 Å². The Bertz CT molecular complexity index is 682. The molecule has 3 N–H and O–H groups in total. The van der Waals surface area contributed by atoms with Crippen LogP contribution in [0.4, 0.5) is 5.82 Å². The lowest BCUT2D eigenvalue weighted by Gasteiger charge is -2.10. The number of nitrogens with zero attached hydrogens (tertiary/aromatic N) is 3. The average Bonchev–Trinajstić information content (AvgIpc) is 3.15. The summed E-state index contributed by atoms with van der Waals surface area (Å²) in [6.07, 6.45) is 2.02. The van der Waals surface area contributed by atoms with E-state index in [9.17, 15) is 4.79 Å². The van der Waals surface area contributed by atoms with E-state index in [0.29, 0.717) is 17.3 Å². The third kappa shape index (κ3) is 2.90. The van der Waals surface area contributed by atoms with Crippen molar-refractivity contribution in [1.29, 1.82) is 0 Å². The SMILES string of the molecule is Nc1c(C(=O)NC[C@H]2CCCO2)nnn1-c1ccccc1Cl. The van der Waals surface area contributed by atoms with Gasteiger partial charge in [0.25, 0.3) is 5.91 Å². The molecule has 1 aliphatic rings. The molecule has 2 aromatic rings. The Morgan fingerprint density at radius 1 is 1.50 bits per heavy atom. The fourth-order valence-electron chi connectivity index (χ4n) is 2.35. The van der Waals surface area contributed by atoms with Crippen molar-refractivity contribution in [2.45, 2.75) is 18.9 Å². The summed E-state index contributed by atoms with van der Waals surface area (Å²) in [7, 11) is 0. The van der Waals surface area contributed by atoms with E-state index in [-0.39, 0.29) is 23.5 Å². The summed E-state index contributed by atoms with van der Waals surface area (Å²) in [5.74, 6) is -0.218. The van der Waals surface area contributed by atoms with Crippen LogP contribution in [-0.2, 0) is 4.74 Å². The molecule has 1 aromatic heterocycles. The molecule has 0 aliphatic carbocycles. The van der Waals surface area contributed by atoms with Crippen LogP contribution in [0.5, 0.6) is 0 Å². The number of hydrogen-bond acceptors (Lipinski definition) is 5. The lowest BCUT2D eigenvalue weighted by atomic mass is 10.2. The summed E-state index contributed by atoms with van der Waals surface area (Å²) in [5.41, 5.74) is 6.63. The quantitative estimate of drug-likeness (QED) is 0.887. The van der Waals surface area contributed by atoms with E-state index >= 15 is 0 Å². The summed E-state index contributed by atoms with van der Waals surface area (Å²) in [4.78, 5) is 12.2. The van der Waals surface area contributed by atoms with Crippen LogP contribution >= 0.6 is 11.6 Å². The zero-order chi connectivity index (χ0) is 15.5. The summed E-state index contributed by atoms with van der Waals surface area (Å²) in [6, 6.07) is 7.07. The van der Waals surface area contributed by atoms with Crippen molar-refractivity contribution in [2.75, 3.05) is 18.9 Å². The van der Waals surface area contributed by atoms with Gasteiger partial charge in [0.1, 0.15) is 0 Å². The maximum Gasteiger partial charge on any atom is 0.275 e. The van der Waals surface area contributed by atoms with Gasteiger partial charge >= 0.3 is 0 Å². The lowest BCUT2D eigenvalue weighted by molar-refractivity contribution is 0.0854. The molecule has 0 spiro atoms. The molecule has 0 radical (unpaired) electrons. The fraction of sp³-hybridized carbons (Fsp3) is 0.357. The second-order valence-electron chi connectivity index (χ2n) is 5.03. The maximum absolute atomic E-state index is 12.2. The maximum atomic E-state index is 12.2. The zero-order valence-corrected chi connectivity index (χ0v) is 12.6. The van der Waals surface area contributed by atoms with Crippen LogP contribution in [0.1, 0.15) is 23.3 Å². The molecule has 1 aliphatic heterocycles. The van der Waals surface area contributed by atoms with Crippen LogP contribution in [0, 0.1) is 0 Å². The van der Waals surface area contributed by atoms with Gasteiger partial charge in [-0.05, 0) is 25.0 Å². The molecule has 1 fully saturated rings. The normalized spacial score (nSPS) is 17.6. The first-order chi connectivity index (χ1) is 10.7. The van der Waals surface area contributed by atoms with Crippen molar-refractivity contribution in [3.63, 3.8) is 0 Å². The first-order valence-electron chi connectivity index (χ1n) is 7.02. The Morgan fingerprint density at radius 2 is 2.32 bits per heavy atom. The van der Waals surface area contributed by atoms with Gasteiger partial charge in [-0.25, -0.2) is 0 Å². The number of amides is 1. The highest BCUT2D eigenvalue weighted by molar-refractivity contribution is 6.32. The molecule has 8 heteroatoms. The minimum atomic E-state index is -0.369. The Balaban J connectivity index is 1.75. The lowest BCUT2D eigenvalue weighted by Crippen LogP contribution is -2.32. The first kappa shape index (κ1) is 14.8. The third-order valence-electron chi connectivity index (χ3n) is 3.51. The number of nitrogens with one attached hydrogen (secondary N) is 1. The highest BCUT2D eigenvalue weighted by atomic mass is 35.5. The minimum absolute atomic E-state index is 0.0591. The molecule has 1 atom stereocenters. The van der Waals surface area contributed by atoms with Gasteiger partial charge in [-0.3, -0.25) is 4.79 Å². The van der Waals surface area contributed by atoms with Gasteiger partial charge in [0.2, 0.25) is 0 Å². The monoisotopic (exact) mass is 321 g/mol. The van der Waals surface area contributed by atoms with Crippen LogP contribution in [0.3, 0.4) is 0 Å². The average molecular weight is 322 g/mol. The van der Waals surface area contributed by atoms with Crippen LogP contribution < -0.4 is 11.1 Å². The van der Waals surface area contributed by atoms with Crippen LogP contribution in [0.2, 0.25) is 5.02 Å². The van der Waals surface area contributed by atoms with Crippen molar-refractivity contribution in [1.82, 2.24) is 20.3 Å². The van der Waals surface area contributed by atoms with Crippen molar-refractivity contribution in [3.8, 4) is 5.69 Å². The molecular weight excluding hydrogens is 306 g/mol. The number of hydrogen-bond donors (Lipinski definition) is 2. The summed E-state index contributed by atoms with van der Waals surface area (Å²) >= 11 is 6.11. The molecule has 7 nitrogen and oxygen atoms in total. The van der Waals surface area contributed by atoms with E-state index < -0.39 is 0 Å². The molecule has 0 saturated carbocycles. The molecule has 1 saturated heterocycles. The number of carbonyl (C=O) groups excluding carboxylic acids is 1. The molecule has 3 rings (SSSR count). The largest absolute Gasteiger partial charge is 0.382 e. The predicted octanol–water partition coefficient (Wildman–Crippen LogP) is 1.41. The van der Waals surface area contributed by atoms with Crippen molar-refractivity contribution in [2.24, 2.45) is 0 Å². The van der Waals surface area contributed by atoms with E-state index in [2.05, 4.69) is 15.6 Å². The molecule has 2 heterocycles. The Morgan fingerprint density at radius 3 is 3.05 bits per heavy atom. The molecule has 0 bridgehead atoms. The third-order valence-corrected chi connectivity index (χ3v) is 3.83. The van der Waals surface area contributed by atoms with E-state index in [0.717, 1.165) is 19.4 Å². The van der Waals surface area contributed by atoms with Crippen LogP contribution in [0.25, 0.3) is 5.69 Å². The summed E-state index contributed by atoms with van der Waals surface area (Å²) < 4.78 is 6.81. The number of benzene rings is 1. The van der Waals surface area contributed by atoms with Crippen molar-refractivity contribution in [3.05, 3.63) is 35.0 Å². The number of ether oxygens (including phenoxy) is 1. The minimum Gasteiger partial charge on any atom is -0.382 e. The molecule has 22 heavy (non-hydrogen) atoms. The van der Waals surface area contributed by atoms with Crippen molar-refractivity contribution < 1.29 is 9.53 Å². The van der Waals surface area contributed by atoms with E-state index in [1.54, 1.807) is 24.3 Å². The number of rotatable bonds is 4. The van der Waals surface area contributed by atoms with E-state index in [1.807, 2.05) is 0 Å². The van der Waals surface area contributed by atoms with Gasteiger partial charge in [0.15, 0.2) is 11.5 Å². The topological polar surface area (TPSA) is 95.1 Å². The number of para-hydroxylation sites is 1. The van der Waals surface area contributed by atoms with Gasteiger partial charge in [0, 0.05) is 13.2 Å². The van der Waals surface area contributed by atoms with Gasteiger partial charge in [-0.2, -0.15) is 4.68 Å². The van der Waals surface area contributed by atoms with Gasteiger partial charge in [-0.1, -0.05) is 28.9 Å². The summed E-state index contributed by atoms with van der Waals surface area (Å²) in [5, 5.41) is 11.0. The number of nitrogen functional groups attached to an aromatic ring is 1. The van der Waals surface area contributed by atoms with Gasteiger partial charge < -0.3 is 15.8 Å². The van der Waals surface area contributed by atoms with E-state index in [4.69, 9.17) is 22.1 Å². The number of halogens is 1. The van der Waals surface area contributed by atoms with Gasteiger partial charge in [-0.15, -0.1) is 5.10 Å². The Hall–Kier alpha value is -2.12. The van der Waals surface area contributed by atoms with Crippen LogP contribution in [0.15, 0.2) is 24.3 Å². The summed E-state index contributed by atoms with van der Waals surface area (Å²) in [6.45, 7) is 1.18. The highest BCUT2D eigenvalue weighted by Crippen LogP contribution is 2.22. The second-order valence-corrected chi connectivity index (χ2v) is 5.44. The van der Waals surface area contributed by atoms with Gasteiger partial charge in [0.05, 0.1) is 16.8 Å². The highest BCUT2D eigenvalue weighted by Gasteiger charge is 2.21. The Kier molecular flexibility index (Phi) is 4.26. The number of anilines is 1. The molecule has 0 unspecified atom stereocenters. The number of carbonyl (C=O) groups is 1. The predicted molar refractivity (Wildman–Crippen MR) is 82.1 cm³/mol. The molecular formula is C14H16ClN5O2. The molecule has 1 amide bonds. The molecule has 1 aromatic carbocycles. The number of nitrogens with two attached hydrogens (primary N) is 1. The second kappa shape index (κ2) is 6.33. The van der Waals surface area contributed by atoms with E-state index in [1.165, 1.54) is 4.68 Å². The zero-order valence-electron chi connectivity index (χ0n) is 11.8.